The third kappa shape index (κ3) is 2.77. The minimum Gasteiger partial charge on any atom is -0.396 e. The van der Waals surface area contributed by atoms with Gasteiger partial charge >= 0.3 is 0 Å². The standard InChI is InChI=1S/C8H17NO2/c1-7(11)4-9-3-2-8(5-9)6-10/h7-8,10-11H,2-6H2,1H3. The van der Waals surface area contributed by atoms with Crippen molar-refractivity contribution in [3.8, 4) is 0 Å². The molecule has 0 amide bonds. The minimum absolute atomic E-state index is 0.243. The highest BCUT2D eigenvalue weighted by atomic mass is 16.3. The molecule has 0 saturated carbocycles. The van der Waals surface area contributed by atoms with E-state index in [2.05, 4.69) is 4.90 Å². The zero-order valence-electron chi connectivity index (χ0n) is 7.03. The Morgan fingerprint density at radius 1 is 1.64 bits per heavy atom. The summed E-state index contributed by atoms with van der Waals surface area (Å²) in [4.78, 5) is 2.20. The van der Waals surface area contributed by atoms with Crippen LogP contribution in [-0.2, 0) is 0 Å². The summed E-state index contributed by atoms with van der Waals surface area (Å²) in [7, 11) is 0. The predicted molar refractivity (Wildman–Crippen MR) is 43.3 cm³/mol. The van der Waals surface area contributed by atoms with Crippen LogP contribution in [0.4, 0.5) is 0 Å². The Balaban J connectivity index is 2.19. The topological polar surface area (TPSA) is 43.7 Å². The summed E-state index contributed by atoms with van der Waals surface area (Å²) in [6.07, 6.45) is 0.830. The molecule has 2 N–H and O–H groups in total. The van der Waals surface area contributed by atoms with E-state index in [0.717, 1.165) is 26.1 Å². The van der Waals surface area contributed by atoms with Gasteiger partial charge in [-0.25, -0.2) is 0 Å². The molecule has 0 radical (unpaired) electrons. The van der Waals surface area contributed by atoms with Crippen molar-refractivity contribution in [1.29, 1.82) is 0 Å². The molecule has 0 aromatic heterocycles. The van der Waals surface area contributed by atoms with Crippen molar-refractivity contribution in [3.63, 3.8) is 0 Å². The van der Waals surface area contributed by atoms with Crippen LogP contribution in [0.2, 0.25) is 0 Å². The van der Waals surface area contributed by atoms with Crippen LogP contribution in [0.5, 0.6) is 0 Å². The molecule has 0 aliphatic carbocycles. The number of rotatable bonds is 3. The monoisotopic (exact) mass is 159 g/mol. The Kier molecular flexibility index (Phi) is 3.30. The van der Waals surface area contributed by atoms with Crippen molar-refractivity contribution in [3.05, 3.63) is 0 Å². The van der Waals surface area contributed by atoms with Gasteiger partial charge in [0.05, 0.1) is 6.10 Å². The van der Waals surface area contributed by atoms with E-state index in [1.165, 1.54) is 0 Å². The van der Waals surface area contributed by atoms with Crippen molar-refractivity contribution in [1.82, 2.24) is 4.90 Å². The van der Waals surface area contributed by atoms with Gasteiger partial charge in [-0.05, 0) is 25.8 Å². The number of hydrogen-bond donors (Lipinski definition) is 2. The molecule has 1 rings (SSSR count). The fraction of sp³-hybridized carbons (Fsp3) is 1.00. The quantitative estimate of drug-likeness (QED) is 0.593. The minimum atomic E-state index is -0.243. The van der Waals surface area contributed by atoms with Crippen LogP contribution in [-0.4, -0.2) is 47.5 Å². The van der Waals surface area contributed by atoms with Crippen molar-refractivity contribution < 1.29 is 10.2 Å². The number of nitrogens with zero attached hydrogens (tertiary/aromatic N) is 1. The molecule has 0 aromatic carbocycles. The van der Waals surface area contributed by atoms with Gasteiger partial charge in [0.1, 0.15) is 0 Å². The maximum atomic E-state index is 9.07. The lowest BCUT2D eigenvalue weighted by molar-refractivity contribution is 0.134. The van der Waals surface area contributed by atoms with Crippen LogP contribution in [0.3, 0.4) is 0 Å². The SMILES string of the molecule is CC(O)CN1CCC(CO)C1. The van der Waals surface area contributed by atoms with Gasteiger partial charge in [-0.3, -0.25) is 0 Å². The smallest absolute Gasteiger partial charge is 0.0639 e. The Morgan fingerprint density at radius 2 is 2.36 bits per heavy atom. The van der Waals surface area contributed by atoms with Gasteiger partial charge in [-0.15, -0.1) is 0 Å². The van der Waals surface area contributed by atoms with Gasteiger partial charge in [0.15, 0.2) is 0 Å². The van der Waals surface area contributed by atoms with Gasteiger partial charge < -0.3 is 15.1 Å². The number of β-amino-alcohol motifs (C(OH)–C–C–N with tert-alkyl or cyclic N) is 1. The van der Waals surface area contributed by atoms with Gasteiger partial charge in [-0.1, -0.05) is 0 Å². The lowest BCUT2D eigenvalue weighted by Crippen LogP contribution is -2.29. The molecule has 3 heteroatoms. The molecule has 3 nitrogen and oxygen atoms in total. The highest BCUT2D eigenvalue weighted by Gasteiger charge is 2.21. The zero-order chi connectivity index (χ0) is 8.27. The molecular formula is C8H17NO2. The summed E-state index contributed by atoms with van der Waals surface area (Å²) in [6, 6.07) is 0. The molecule has 0 aromatic rings. The fourth-order valence-corrected chi connectivity index (χ4v) is 1.60. The van der Waals surface area contributed by atoms with Gasteiger partial charge in [0, 0.05) is 19.7 Å². The van der Waals surface area contributed by atoms with E-state index >= 15 is 0 Å². The number of likely N-dealkylation sites (tertiary alicyclic amines) is 1. The van der Waals surface area contributed by atoms with E-state index in [1.54, 1.807) is 6.92 Å². The molecule has 1 aliphatic rings. The van der Waals surface area contributed by atoms with Crippen LogP contribution < -0.4 is 0 Å². The molecule has 0 bridgehead atoms. The summed E-state index contributed by atoms with van der Waals surface area (Å²) >= 11 is 0. The second kappa shape index (κ2) is 4.04. The Bertz CT molecular complexity index is 117. The first kappa shape index (κ1) is 8.97. The lowest BCUT2D eigenvalue weighted by atomic mass is 10.1. The van der Waals surface area contributed by atoms with E-state index in [4.69, 9.17) is 10.2 Å². The average molecular weight is 159 g/mol. The van der Waals surface area contributed by atoms with Crippen LogP contribution in [0.15, 0.2) is 0 Å². The van der Waals surface area contributed by atoms with Crippen LogP contribution in [0.1, 0.15) is 13.3 Å². The van der Waals surface area contributed by atoms with E-state index in [9.17, 15) is 0 Å². The summed E-state index contributed by atoms with van der Waals surface area (Å²) < 4.78 is 0. The molecule has 2 atom stereocenters. The van der Waals surface area contributed by atoms with Gasteiger partial charge in [0.2, 0.25) is 0 Å². The molecule has 11 heavy (non-hydrogen) atoms. The molecular weight excluding hydrogens is 142 g/mol. The number of aliphatic hydroxyl groups is 2. The first-order valence-electron chi connectivity index (χ1n) is 4.23. The normalized spacial score (nSPS) is 29.2. The largest absolute Gasteiger partial charge is 0.396 e. The molecule has 0 spiro atoms. The van der Waals surface area contributed by atoms with Crippen LogP contribution in [0.25, 0.3) is 0 Å². The molecule has 1 fully saturated rings. The Morgan fingerprint density at radius 3 is 2.82 bits per heavy atom. The summed E-state index contributed by atoms with van der Waals surface area (Å²) in [5, 5.41) is 17.9. The van der Waals surface area contributed by atoms with E-state index in [-0.39, 0.29) is 12.7 Å². The van der Waals surface area contributed by atoms with Gasteiger partial charge in [-0.2, -0.15) is 0 Å². The van der Waals surface area contributed by atoms with E-state index in [0.29, 0.717) is 5.92 Å². The van der Waals surface area contributed by atoms with E-state index in [1.807, 2.05) is 0 Å². The Labute approximate surface area is 67.6 Å². The number of hydrogen-bond acceptors (Lipinski definition) is 3. The first-order chi connectivity index (χ1) is 5.22. The highest BCUT2D eigenvalue weighted by Crippen LogP contribution is 2.14. The molecule has 1 heterocycles. The predicted octanol–water partition coefficient (Wildman–Crippen LogP) is -0.319. The van der Waals surface area contributed by atoms with Crippen LogP contribution >= 0.6 is 0 Å². The highest BCUT2D eigenvalue weighted by molar-refractivity contribution is 4.75. The van der Waals surface area contributed by atoms with Gasteiger partial charge in [0.25, 0.3) is 0 Å². The maximum Gasteiger partial charge on any atom is 0.0639 e. The summed E-state index contributed by atoms with van der Waals surface area (Å²) in [6.45, 7) is 4.80. The zero-order valence-corrected chi connectivity index (χ0v) is 7.03. The summed E-state index contributed by atoms with van der Waals surface area (Å²) in [5.41, 5.74) is 0. The van der Waals surface area contributed by atoms with Crippen molar-refractivity contribution in [2.45, 2.75) is 19.4 Å². The second-order valence-corrected chi connectivity index (χ2v) is 3.45. The number of aliphatic hydroxyl groups excluding tert-OH is 2. The molecule has 66 valence electrons. The summed E-state index contributed by atoms with van der Waals surface area (Å²) in [5.74, 6) is 0.439. The molecule has 1 saturated heterocycles. The third-order valence-electron chi connectivity index (χ3n) is 2.15. The molecule has 2 unspecified atom stereocenters. The van der Waals surface area contributed by atoms with Crippen molar-refractivity contribution in [2.75, 3.05) is 26.2 Å². The Hall–Kier alpha value is -0.120. The van der Waals surface area contributed by atoms with Crippen LogP contribution in [0, 0.1) is 5.92 Å². The van der Waals surface area contributed by atoms with Crippen molar-refractivity contribution in [2.24, 2.45) is 5.92 Å². The third-order valence-corrected chi connectivity index (χ3v) is 2.15. The average Bonchev–Trinajstić information content (AvgIpc) is 2.34. The van der Waals surface area contributed by atoms with E-state index < -0.39 is 0 Å². The lowest BCUT2D eigenvalue weighted by Gasteiger charge is -2.16. The maximum absolute atomic E-state index is 9.07. The van der Waals surface area contributed by atoms with Crippen molar-refractivity contribution >= 4 is 0 Å². The first-order valence-corrected chi connectivity index (χ1v) is 4.23. The fourth-order valence-electron chi connectivity index (χ4n) is 1.60. The molecule has 1 aliphatic heterocycles. The second-order valence-electron chi connectivity index (χ2n) is 3.45.